The van der Waals surface area contributed by atoms with Gasteiger partial charge >= 0.3 is 0 Å². The number of aliphatic hydroxyl groups excluding tert-OH is 1. The minimum absolute atomic E-state index is 0.0661. The van der Waals surface area contributed by atoms with Crippen LogP contribution in [-0.4, -0.2) is 30.8 Å². The van der Waals surface area contributed by atoms with Crippen LogP contribution in [0.2, 0.25) is 0 Å². The fraction of sp³-hybridized carbons (Fsp3) is 0.583. The Balaban J connectivity index is 1.96. The molecule has 1 amide bonds. The van der Waals surface area contributed by atoms with Gasteiger partial charge in [-0.1, -0.05) is 6.42 Å². The average Bonchev–Trinajstić information content (AvgIpc) is 2.96. The third-order valence-electron chi connectivity index (χ3n) is 3.24. The van der Waals surface area contributed by atoms with Crippen LogP contribution < -0.4 is 10.1 Å². The third-order valence-corrected chi connectivity index (χ3v) is 4.15. The van der Waals surface area contributed by atoms with Crippen LogP contribution in [0.4, 0.5) is 0 Å². The van der Waals surface area contributed by atoms with Gasteiger partial charge < -0.3 is 15.2 Å². The van der Waals surface area contributed by atoms with E-state index in [0.29, 0.717) is 10.6 Å². The van der Waals surface area contributed by atoms with Crippen molar-refractivity contribution >= 4 is 17.2 Å². The van der Waals surface area contributed by atoms with Crippen molar-refractivity contribution in [2.75, 3.05) is 13.7 Å². The Morgan fingerprint density at radius 1 is 1.65 bits per heavy atom. The van der Waals surface area contributed by atoms with Crippen LogP contribution in [0.25, 0.3) is 0 Å². The summed E-state index contributed by atoms with van der Waals surface area (Å²) in [6.07, 6.45) is 3.03. The number of rotatable bonds is 4. The van der Waals surface area contributed by atoms with Crippen molar-refractivity contribution < 1.29 is 14.6 Å². The summed E-state index contributed by atoms with van der Waals surface area (Å²) in [7, 11) is 1.59. The van der Waals surface area contributed by atoms with Crippen LogP contribution in [0.5, 0.6) is 5.75 Å². The van der Waals surface area contributed by atoms with E-state index in [0.717, 1.165) is 19.3 Å². The molecule has 0 radical (unpaired) electrons. The minimum atomic E-state index is -0.0661. The lowest BCUT2D eigenvalue weighted by Gasteiger charge is -2.18. The standard InChI is InChI=1S/C12H17NO3S/c1-16-9-5-11(17-7-9)12(15)13-10-4-2-3-8(10)6-14/h5,7-8,10,14H,2-4,6H2,1H3,(H,13,15). The van der Waals surface area contributed by atoms with Crippen molar-refractivity contribution in [3.05, 3.63) is 16.3 Å². The normalized spacial score (nSPS) is 23.6. The number of nitrogens with one attached hydrogen (secondary N) is 1. The van der Waals surface area contributed by atoms with Crippen LogP contribution in [0, 0.1) is 5.92 Å². The zero-order valence-corrected chi connectivity index (χ0v) is 10.6. The molecule has 94 valence electrons. The second-order valence-electron chi connectivity index (χ2n) is 4.30. The van der Waals surface area contributed by atoms with E-state index in [1.165, 1.54) is 11.3 Å². The smallest absolute Gasteiger partial charge is 0.261 e. The fourth-order valence-corrected chi connectivity index (χ4v) is 2.99. The number of carbonyl (C=O) groups is 1. The SMILES string of the molecule is COc1csc(C(=O)NC2CCCC2CO)c1. The van der Waals surface area contributed by atoms with Crippen molar-refractivity contribution in [2.24, 2.45) is 5.92 Å². The number of hydrogen-bond acceptors (Lipinski definition) is 4. The molecule has 0 aromatic carbocycles. The van der Waals surface area contributed by atoms with Gasteiger partial charge in [-0.3, -0.25) is 4.79 Å². The molecule has 1 aromatic rings. The van der Waals surface area contributed by atoms with Crippen LogP contribution >= 0.6 is 11.3 Å². The highest BCUT2D eigenvalue weighted by Crippen LogP contribution is 2.26. The number of carbonyl (C=O) groups excluding carboxylic acids is 1. The lowest BCUT2D eigenvalue weighted by atomic mass is 10.1. The topological polar surface area (TPSA) is 58.6 Å². The average molecular weight is 255 g/mol. The molecule has 1 fully saturated rings. The lowest BCUT2D eigenvalue weighted by molar-refractivity contribution is 0.0920. The van der Waals surface area contributed by atoms with Gasteiger partial charge in [0.25, 0.3) is 5.91 Å². The number of hydrogen-bond donors (Lipinski definition) is 2. The quantitative estimate of drug-likeness (QED) is 0.860. The fourth-order valence-electron chi connectivity index (χ4n) is 2.23. The van der Waals surface area contributed by atoms with E-state index >= 15 is 0 Å². The number of amides is 1. The first-order chi connectivity index (χ1) is 8.24. The first-order valence-corrected chi connectivity index (χ1v) is 6.66. The van der Waals surface area contributed by atoms with Crippen molar-refractivity contribution in [3.63, 3.8) is 0 Å². The summed E-state index contributed by atoms with van der Waals surface area (Å²) < 4.78 is 5.05. The largest absolute Gasteiger partial charge is 0.496 e. The molecule has 0 spiro atoms. The van der Waals surface area contributed by atoms with E-state index in [1.807, 2.05) is 5.38 Å². The number of methoxy groups -OCH3 is 1. The van der Waals surface area contributed by atoms with Crippen LogP contribution in [-0.2, 0) is 0 Å². The maximum atomic E-state index is 12.0. The van der Waals surface area contributed by atoms with Gasteiger partial charge in [-0.15, -0.1) is 11.3 Å². The van der Waals surface area contributed by atoms with Crippen molar-refractivity contribution in [2.45, 2.75) is 25.3 Å². The molecule has 1 aromatic heterocycles. The van der Waals surface area contributed by atoms with Gasteiger partial charge in [-0.05, 0) is 12.8 Å². The van der Waals surface area contributed by atoms with Gasteiger partial charge in [-0.25, -0.2) is 0 Å². The molecule has 1 aliphatic carbocycles. The van der Waals surface area contributed by atoms with Gasteiger partial charge in [0.2, 0.25) is 0 Å². The van der Waals surface area contributed by atoms with E-state index < -0.39 is 0 Å². The van der Waals surface area contributed by atoms with Gasteiger partial charge in [0.15, 0.2) is 0 Å². The molecule has 2 N–H and O–H groups in total. The maximum Gasteiger partial charge on any atom is 0.261 e. The summed E-state index contributed by atoms with van der Waals surface area (Å²) in [5, 5.41) is 14.0. The molecule has 2 unspecified atom stereocenters. The summed E-state index contributed by atoms with van der Waals surface area (Å²) in [6, 6.07) is 1.85. The Morgan fingerprint density at radius 2 is 2.47 bits per heavy atom. The molecule has 2 rings (SSSR count). The summed E-state index contributed by atoms with van der Waals surface area (Å²) in [4.78, 5) is 12.6. The second kappa shape index (κ2) is 5.51. The van der Waals surface area contributed by atoms with Crippen molar-refractivity contribution in [1.29, 1.82) is 0 Å². The van der Waals surface area contributed by atoms with Gasteiger partial charge in [0, 0.05) is 30.0 Å². The molecule has 0 bridgehead atoms. The first kappa shape index (κ1) is 12.4. The summed E-state index contributed by atoms with van der Waals surface area (Å²) in [5.74, 6) is 0.856. The minimum Gasteiger partial charge on any atom is -0.496 e. The maximum absolute atomic E-state index is 12.0. The number of thiophene rings is 1. The highest BCUT2D eigenvalue weighted by molar-refractivity contribution is 7.12. The van der Waals surface area contributed by atoms with E-state index in [1.54, 1.807) is 13.2 Å². The van der Waals surface area contributed by atoms with E-state index in [-0.39, 0.29) is 24.5 Å². The lowest BCUT2D eigenvalue weighted by Crippen LogP contribution is -2.38. The highest BCUT2D eigenvalue weighted by atomic mass is 32.1. The molecular weight excluding hydrogens is 238 g/mol. The Bertz CT molecular complexity index is 391. The zero-order chi connectivity index (χ0) is 12.3. The predicted octanol–water partition coefficient (Wildman–Crippen LogP) is 1.65. The monoisotopic (exact) mass is 255 g/mol. The molecule has 17 heavy (non-hydrogen) atoms. The van der Waals surface area contributed by atoms with Gasteiger partial charge in [-0.2, -0.15) is 0 Å². The molecule has 0 aliphatic heterocycles. The van der Waals surface area contributed by atoms with Crippen molar-refractivity contribution in [1.82, 2.24) is 5.32 Å². The zero-order valence-electron chi connectivity index (χ0n) is 9.81. The number of aliphatic hydroxyl groups is 1. The molecule has 1 heterocycles. The third kappa shape index (κ3) is 2.79. The Morgan fingerprint density at radius 3 is 3.12 bits per heavy atom. The summed E-state index contributed by atoms with van der Waals surface area (Å²) in [5.41, 5.74) is 0. The van der Waals surface area contributed by atoms with Crippen LogP contribution in [0.15, 0.2) is 11.4 Å². The van der Waals surface area contributed by atoms with Gasteiger partial charge in [0.1, 0.15) is 5.75 Å². The summed E-state index contributed by atoms with van der Waals surface area (Å²) >= 11 is 1.37. The Labute approximate surface area is 105 Å². The van der Waals surface area contributed by atoms with Crippen LogP contribution in [0.1, 0.15) is 28.9 Å². The van der Waals surface area contributed by atoms with E-state index in [4.69, 9.17) is 4.74 Å². The van der Waals surface area contributed by atoms with Gasteiger partial charge in [0.05, 0.1) is 12.0 Å². The Kier molecular flexibility index (Phi) is 4.02. The van der Waals surface area contributed by atoms with E-state index in [9.17, 15) is 9.90 Å². The molecule has 1 aliphatic rings. The molecule has 0 saturated heterocycles. The highest BCUT2D eigenvalue weighted by Gasteiger charge is 2.28. The summed E-state index contributed by atoms with van der Waals surface area (Å²) in [6.45, 7) is 0.151. The van der Waals surface area contributed by atoms with E-state index in [2.05, 4.69) is 5.32 Å². The first-order valence-electron chi connectivity index (χ1n) is 5.79. The second-order valence-corrected chi connectivity index (χ2v) is 5.22. The molecule has 5 heteroatoms. The number of ether oxygens (including phenoxy) is 1. The predicted molar refractivity (Wildman–Crippen MR) is 66.6 cm³/mol. The van der Waals surface area contributed by atoms with Crippen LogP contribution in [0.3, 0.4) is 0 Å². The molecule has 4 nitrogen and oxygen atoms in total. The molecule has 2 atom stereocenters. The molecule has 1 saturated carbocycles. The molecular formula is C12H17NO3S. The Hall–Kier alpha value is -1.07. The van der Waals surface area contributed by atoms with Crippen molar-refractivity contribution in [3.8, 4) is 5.75 Å².